The molecule has 3 fully saturated rings. The van der Waals surface area contributed by atoms with E-state index in [1.807, 2.05) is 0 Å². The number of nitrogens with one attached hydrogen (secondary N) is 1. The number of hydrogen-bond donors (Lipinski definition) is 1. The Labute approximate surface area is 194 Å². The Morgan fingerprint density at radius 1 is 0.970 bits per heavy atom. The third-order valence-electron chi connectivity index (χ3n) is 8.26. The Morgan fingerprint density at radius 3 is 2.45 bits per heavy atom. The number of rotatable bonds is 5. The van der Waals surface area contributed by atoms with E-state index in [0.29, 0.717) is 18.5 Å². The van der Waals surface area contributed by atoms with Crippen LogP contribution in [0.5, 0.6) is 0 Å². The van der Waals surface area contributed by atoms with Crippen molar-refractivity contribution in [3.63, 3.8) is 0 Å². The van der Waals surface area contributed by atoms with Gasteiger partial charge in [-0.25, -0.2) is 4.39 Å². The van der Waals surface area contributed by atoms with Crippen molar-refractivity contribution >= 4 is 17.7 Å². The molecule has 1 unspecified atom stereocenters. The van der Waals surface area contributed by atoms with Crippen LogP contribution in [0, 0.1) is 11.7 Å². The zero-order valence-corrected chi connectivity index (χ0v) is 19.3. The Bertz CT molecular complexity index is 935. The highest BCUT2D eigenvalue weighted by Gasteiger charge is 2.41. The summed E-state index contributed by atoms with van der Waals surface area (Å²) in [4.78, 5) is 41.0. The van der Waals surface area contributed by atoms with Gasteiger partial charge in [0, 0.05) is 18.5 Å². The van der Waals surface area contributed by atoms with Gasteiger partial charge < -0.3 is 9.80 Å². The first-order valence-electron chi connectivity index (χ1n) is 12.7. The minimum atomic E-state index is -0.667. The van der Waals surface area contributed by atoms with Gasteiger partial charge in [0.25, 0.3) is 5.91 Å². The molecule has 1 N–H and O–H groups in total. The van der Waals surface area contributed by atoms with Gasteiger partial charge in [-0.05, 0) is 80.4 Å². The summed E-state index contributed by atoms with van der Waals surface area (Å²) in [5.41, 5.74) is 2.18. The van der Waals surface area contributed by atoms with E-state index >= 15 is 0 Å². The van der Waals surface area contributed by atoms with E-state index in [-0.39, 0.29) is 30.0 Å². The highest BCUT2D eigenvalue weighted by Crippen LogP contribution is 2.38. The summed E-state index contributed by atoms with van der Waals surface area (Å²) in [6.07, 6.45) is 10.7. The molecule has 1 atom stereocenters. The van der Waals surface area contributed by atoms with Crippen LogP contribution in [0.4, 0.5) is 4.39 Å². The largest absolute Gasteiger partial charge is 0.322 e. The number of nitrogens with zero attached hydrogens (tertiary/aromatic N) is 2. The molecular formula is C26H34FN3O3. The van der Waals surface area contributed by atoms with E-state index < -0.39 is 11.9 Å². The van der Waals surface area contributed by atoms with Gasteiger partial charge in [0.05, 0.1) is 0 Å². The third kappa shape index (κ3) is 4.70. The number of imide groups is 1. The standard InChI is InChI=1S/C26H34FN3O3/c27-19-14-20(18-9-12-29(13-10-18)11-8-17-4-2-1-3-5-17)22-16-30(26(33)21(22)15-19)23-6-7-24(31)28-25(23)32/h14-15,17-18,23H,1-13,16H2,(H,28,31,32). The number of hydrogen-bond acceptors (Lipinski definition) is 4. The molecule has 1 aromatic carbocycles. The molecule has 178 valence electrons. The summed E-state index contributed by atoms with van der Waals surface area (Å²) >= 11 is 0. The second kappa shape index (κ2) is 9.53. The highest BCUT2D eigenvalue weighted by atomic mass is 19.1. The zero-order valence-electron chi connectivity index (χ0n) is 19.3. The molecule has 0 bridgehead atoms. The molecule has 4 aliphatic rings. The van der Waals surface area contributed by atoms with Crippen molar-refractivity contribution < 1.29 is 18.8 Å². The number of carbonyl (C=O) groups is 3. The minimum Gasteiger partial charge on any atom is -0.322 e. The molecular weight excluding hydrogens is 421 g/mol. The summed E-state index contributed by atoms with van der Waals surface area (Å²) in [6, 6.07) is 2.24. The molecule has 5 rings (SSSR count). The first-order valence-corrected chi connectivity index (χ1v) is 12.7. The SMILES string of the molecule is O=C1CCC(N2Cc3c(cc(F)cc3C3CCN(CCC4CCCCC4)CC3)C2=O)C(=O)N1. The molecule has 3 amide bonds. The zero-order chi connectivity index (χ0) is 22.9. The minimum absolute atomic E-state index is 0.219. The summed E-state index contributed by atoms with van der Waals surface area (Å²) in [6.45, 7) is 3.49. The molecule has 0 spiro atoms. The van der Waals surface area contributed by atoms with Gasteiger partial charge in [-0.1, -0.05) is 32.1 Å². The van der Waals surface area contributed by atoms with Crippen molar-refractivity contribution in [3.8, 4) is 0 Å². The van der Waals surface area contributed by atoms with E-state index in [1.165, 1.54) is 49.5 Å². The molecule has 0 radical (unpaired) electrons. The monoisotopic (exact) mass is 455 g/mol. The number of likely N-dealkylation sites (tertiary alicyclic amines) is 1. The molecule has 3 heterocycles. The summed E-state index contributed by atoms with van der Waals surface area (Å²) in [5.74, 6) is -0.308. The van der Waals surface area contributed by atoms with Gasteiger partial charge in [0.2, 0.25) is 11.8 Å². The van der Waals surface area contributed by atoms with Crippen molar-refractivity contribution in [1.82, 2.24) is 15.1 Å². The fraction of sp³-hybridized carbons (Fsp3) is 0.654. The number of piperidine rings is 2. The lowest BCUT2D eigenvalue weighted by Crippen LogP contribution is -2.52. The lowest BCUT2D eigenvalue weighted by molar-refractivity contribution is -0.136. The van der Waals surface area contributed by atoms with E-state index in [9.17, 15) is 18.8 Å². The van der Waals surface area contributed by atoms with Crippen LogP contribution < -0.4 is 5.32 Å². The normalized spacial score (nSPS) is 25.4. The van der Waals surface area contributed by atoms with Crippen molar-refractivity contribution in [1.29, 1.82) is 0 Å². The van der Waals surface area contributed by atoms with Gasteiger partial charge in [0.15, 0.2) is 0 Å². The van der Waals surface area contributed by atoms with Gasteiger partial charge in [-0.15, -0.1) is 0 Å². The number of amides is 3. The van der Waals surface area contributed by atoms with Crippen molar-refractivity contribution in [3.05, 3.63) is 34.6 Å². The second-order valence-corrected chi connectivity index (χ2v) is 10.3. The molecule has 1 aromatic rings. The average molecular weight is 456 g/mol. The number of benzene rings is 1. The van der Waals surface area contributed by atoms with E-state index in [1.54, 1.807) is 6.07 Å². The van der Waals surface area contributed by atoms with E-state index in [2.05, 4.69) is 10.2 Å². The van der Waals surface area contributed by atoms with Crippen LogP contribution >= 0.6 is 0 Å². The smallest absolute Gasteiger partial charge is 0.255 e. The molecule has 1 aliphatic carbocycles. The maximum atomic E-state index is 14.5. The van der Waals surface area contributed by atoms with Crippen molar-refractivity contribution in [2.45, 2.75) is 82.7 Å². The summed E-state index contributed by atoms with van der Waals surface area (Å²) in [5, 5.41) is 2.33. The first-order chi connectivity index (χ1) is 16.0. The lowest BCUT2D eigenvalue weighted by atomic mass is 9.84. The van der Waals surface area contributed by atoms with E-state index in [4.69, 9.17) is 0 Å². The Morgan fingerprint density at radius 2 is 1.73 bits per heavy atom. The van der Waals surface area contributed by atoms with Crippen LogP contribution in [0.2, 0.25) is 0 Å². The van der Waals surface area contributed by atoms with Crippen molar-refractivity contribution in [2.75, 3.05) is 19.6 Å². The number of fused-ring (bicyclic) bond motifs is 1. The lowest BCUT2D eigenvalue weighted by Gasteiger charge is -2.34. The fourth-order valence-electron chi connectivity index (χ4n) is 6.33. The van der Waals surface area contributed by atoms with Crippen LogP contribution in [-0.2, 0) is 16.1 Å². The van der Waals surface area contributed by atoms with E-state index in [0.717, 1.165) is 49.5 Å². The second-order valence-electron chi connectivity index (χ2n) is 10.3. The predicted molar refractivity (Wildman–Crippen MR) is 122 cm³/mol. The number of carbonyl (C=O) groups excluding carboxylic acids is 3. The fourth-order valence-corrected chi connectivity index (χ4v) is 6.33. The molecule has 1 saturated carbocycles. The maximum Gasteiger partial charge on any atom is 0.255 e. The van der Waals surface area contributed by atoms with Crippen LogP contribution in [0.15, 0.2) is 12.1 Å². The third-order valence-corrected chi connectivity index (χ3v) is 8.26. The summed E-state index contributed by atoms with van der Waals surface area (Å²) < 4.78 is 14.5. The van der Waals surface area contributed by atoms with Gasteiger partial charge >= 0.3 is 0 Å². The molecule has 7 heteroatoms. The molecule has 3 aliphatic heterocycles. The molecule has 33 heavy (non-hydrogen) atoms. The Kier molecular flexibility index (Phi) is 6.50. The number of halogens is 1. The predicted octanol–water partition coefficient (Wildman–Crippen LogP) is 3.74. The molecule has 2 saturated heterocycles. The van der Waals surface area contributed by atoms with Gasteiger partial charge in [-0.2, -0.15) is 0 Å². The Hall–Kier alpha value is -2.28. The van der Waals surface area contributed by atoms with Gasteiger partial charge in [-0.3, -0.25) is 19.7 Å². The van der Waals surface area contributed by atoms with Crippen LogP contribution in [0.1, 0.15) is 91.6 Å². The van der Waals surface area contributed by atoms with Gasteiger partial charge in [0.1, 0.15) is 11.9 Å². The van der Waals surface area contributed by atoms with Crippen molar-refractivity contribution in [2.24, 2.45) is 5.92 Å². The maximum absolute atomic E-state index is 14.5. The first kappa shape index (κ1) is 22.5. The molecule has 6 nitrogen and oxygen atoms in total. The average Bonchev–Trinajstić information content (AvgIpc) is 3.14. The molecule has 0 aromatic heterocycles. The van der Waals surface area contributed by atoms with Crippen LogP contribution in [0.25, 0.3) is 0 Å². The topological polar surface area (TPSA) is 69.7 Å². The van der Waals surface area contributed by atoms with Crippen LogP contribution in [-0.4, -0.2) is 53.2 Å². The quantitative estimate of drug-likeness (QED) is 0.687. The highest BCUT2D eigenvalue weighted by molar-refractivity contribution is 6.05. The van der Waals surface area contributed by atoms with Crippen LogP contribution in [0.3, 0.4) is 0 Å². The summed E-state index contributed by atoms with van der Waals surface area (Å²) in [7, 11) is 0. The Balaban J connectivity index is 1.25.